The number of hydrogen-bond acceptors (Lipinski definition) is 4. The van der Waals surface area contributed by atoms with Gasteiger partial charge in [0.2, 0.25) is 0 Å². The van der Waals surface area contributed by atoms with Crippen LogP contribution in [0.2, 0.25) is 19.6 Å². The largest absolute Gasteiger partial charge is 0.512 e. The van der Waals surface area contributed by atoms with Crippen molar-refractivity contribution in [3.63, 3.8) is 0 Å². The van der Waals surface area contributed by atoms with Crippen LogP contribution in [-0.4, -0.2) is 23.9 Å². The van der Waals surface area contributed by atoms with Crippen molar-refractivity contribution >= 4 is 51.4 Å². The molecule has 0 aliphatic rings. The molecule has 1 radical (unpaired) electrons. The molecule has 0 fully saturated rings. The Kier molecular flexibility index (Phi) is 9.01. The molecule has 0 aliphatic carbocycles. The third kappa shape index (κ3) is 6.08. The SMILES string of the molecule is CC(=O)/C=C(/C)O.C[Si](C)(C)c1cccc2c1ccc1c(-c3[c-]c4ccccc4c(C#N)c3)nccc12.[Ir]. The van der Waals surface area contributed by atoms with E-state index >= 15 is 0 Å². The summed E-state index contributed by atoms with van der Waals surface area (Å²) < 4.78 is 0. The molecule has 0 unspecified atom stereocenters. The molecule has 0 saturated heterocycles. The number of ketones is 1. The van der Waals surface area contributed by atoms with Gasteiger partial charge in [-0.2, -0.15) is 5.26 Å². The number of allylic oxidation sites excluding steroid dienone is 2. The van der Waals surface area contributed by atoms with Crippen LogP contribution in [0.3, 0.4) is 0 Å². The molecule has 0 bridgehead atoms. The fourth-order valence-electron chi connectivity index (χ4n) is 4.64. The number of fused-ring (bicyclic) bond motifs is 4. The smallest absolute Gasteiger partial charge is 0.155 e. The first-order valence-corrected chi connectivity index (χ1v) is 15.6. The maximum absolute atomic E-state index is 10.0. The zero-order valence-electron chi connectivity index (χ0n) is 22.1. The second kappa shape index (κ2) is 11.8. The first-order valence-electron chi connectivity index (χ1n) is 12.1. The molecule has 1 N–H and O–H groups in total. The molecule has 5 aromatic rings. The van der Waals surface area contributed by atoms with E-state index in [1.807, 2.05) is 36.5 Å². The number of carbonyl (C=O) groups excluding carboxylic acids is 1. The van der Waals surface area contributed by atoms with Gasteiger partial charge < -0.3 is 5.11 Å². The van der Waals surface area contributed by atoms with Gasteiger partial charge >= 0.3 is 0 Å². The first kappa shape index (κ1) is 28.9. The third-order valence-electron chi connectivity index (χ3n) is 6.17. The second-order valence-corrected chi connectivity index (χ2v) is 15.2. The molecule has 1 aromatic heterocycles. The van der Waals surface area contributed by atoms with E-state index in [-0.39, 0.29) is 31.6 Å². The number of carbonyl (C=O) groups is 1. The van der Waals surface area contributed by atoms with E-state index in [2.05, 4.69) is 68.2 Å². The Labute approximate surface area is 238 Å². The van der Waals surface area contributed by atoms with Crippen molar-refractivity contribution in [3.8, 4) is 17.3 Å². The molecule has 5 rings (SSSR count). The van der Waals surface area contributed by atoms with Gasteiger partial charge in [-0.25, -0.2) is 0 Å². The van der Waals surface area contributed by atoms with Crippen LogP contribution in [0.5, 0.6) is 0 Å². The van der Waals surface area contributed by atoms with Crippen LogP contribution in [0.15, 0.2) is 84.8 Å². The Balaban J connectivity index is 0.000000444. The maximum atomic E-state index is 10.0. The van der Waals surface area contributed by atoms with Crippen LogP contribution in [0.1, 0.15) is 19.4 Å². The van der Waals surface area contributed by atoms with Gasteiger partial charge in [0.1, 0.15) is 0 Å². The molecular formula is C32H29IrN2O2Si-. The Morgan fingerprint density at radius 1 is 0.921 bits per heavy atom. The number of aliphatic hydroxyl groups excluding tert-OH is 1. The Morgan fingerprint density at radius 2 is 1.58 bits per heavy atom. The molecule has 6 heteroatoms. The van der Waals surface area contributed by atoms with Gasteiger partial charge in [-0.3, -0.25) is 9.78 Å². The van der Waals surface area contributed by atoms with Crippen molar-refractivity contribution in [1.29, 1.82) is 5.26 Å². The van der Waals surface area contributed by atoms with Crippen molar-refractivity contribution in [2.24, 2.45) is 0 Å². The van der Waals surface area contributed by atoms with Gasteiger partial charge in [-0.1, -0.05) is 84.3 Å². The fourth-order valence-corrected chi connectivity index (χ4v) is 6.26. The summed E-state index contributed by atoms with van der Waals surface area (Å²) in [6, 6.07) is 28.8. The predicted molar refractivity (Wildman–Crippen MR) is 156 cm³/mol. The molecule has 0 spiro atoms. The van der Waals surface area contributed by atoms with Crippen LogP contribution in [0, 0.1) is 17.4 Å². The van der Waals surface area contributed by atoms with Gasteiger partial charge in [0, 0.05) is 38.1 Å². The van der Waals surface area contributed by atoms with Crippen LogP contribution in [0.25, 0.3) is 43.6 Å². The summed E-state index contributed by atoms with van der Waals surface area (Å²) in [7, 11) is -1.46. The fraction of sp³-hybridized carbons (Fsp3) is 0.156. The molecular weight excluding hydrogens is 665 g/mol. The molecule has 0 aliphatic heterocycles. The van der Waals surface area contributed by atoms with E-state index in [0.29, 0.717) is 5.56 Å². The van der Waals surface area contributed by atoms with Crippen molar-refractivity contribution < 1.29 is 30.0 Å². The van der Waals surface area contributed by atoms with Crippen LogP contribution >= 0.6 is 0 Å². The molecule has 4 aromatic carbocycles. The van der Waals surface area contributed by atoms with E-state index in [0.717, 1.165) is 27.4 Å². The minimum atomic E-state index is -1.46. The molecule has 0 amide bonds. The van der Waals surface area contributed by atoms with Crippen LogP contribution < -0.4 is 5.19 Å². The first-order chi connectivity index (χ1) is 17.6. The molecule has 1 heterocycles. The third-order valence-corrected chi connectivity index (χ3v) is 8.23. The standard InChI is InChI=1S/C27H21N2Si.C5H8O2.Ir/c1-30(2,3)26-10-6-9-22-23-13-14-29-27(25(23)12-11-24(22)26)19-15-18-7-4-5-8-21(18)20(16-19)17-28;1-4(6)3-5(2)7;/h4-14,16H,1-3H3;3,6H,1-2H3;/q-1;;/b;4-3-;. The molecule has 38 heavy (non-hydrogen) atoms. The number of benzene rings is 4. The topological polar surface area (TPSA) is 74.0 Å². The number of nitrogens with zero attached hydrogens (tertiary/aromatic N) is 2. The van der Waals surface area contributed by atoms with E-state index in [1.165, 1.54) is 41.3 Å². The summed E-state index contributed by atoms with van der Waals surface area (Å²) in [6.45, 7) is 10.0. The summed E-state index contributed by atoms with van der Waals surface area (Å²) in [5, 5.41) is 26.3. The average molecular weight is 694 g/mol. The number of aliphatic hydroxyl groups is 1. The second-order valence-electron chi connectivity index (χ2n) is 10.1. The van der Waals surface area contributed by atoms with E-state index < -0.39 is 8.07 Å². The van der Waals surface area contributed by atoms with E-state index in [9.17, 15) is 10.1 Å². The van der Waals surface area contributed by atoms with Gasteiger partial charge in [0.15, 0.2) is 5.78 Å². The Morgan fingerprint density at radius 3 is 2.21 bits per heavy atom. The number of rotatable bonds is 3. The van der Waals surface area contributed by atoms with Crippen LogP contribution in [-0.2, 0) is 24.9 Å². The van der Waals surface area contributed by atoms with Crippen molar-refractivity contribution in [2.75, 3.05) is 0 Å². The predicted octanol–water partition coefficient (Wildman–Crippen LogP) is 7.46. The van der Waals surface area contributed by atoms with Crippen molar-refractivity contribution in [2.45, 2.75) is 33.5 Å². The molecule has 0 atom stereocenters. The number of pyridine rings is 1. The Bertz CT molecular complexity index is 1730. The minimum absolute atomic E-state index is 0. The van der Waals surface area contributed by atoms with Gasteiger partial charge in [-0.15, -0.1) is 23.6 Å². The average Bonchev–Trinajstić information content (AvgIpc) is 2.86. The zero-order chi connectivity index (χ0) is 26.7. The summed E-state index contributed by atoms with van der Waals surface area (Å²) in [6.07, 6.45) is 3.04. The monoisotopic (exact) mass is 694 g/mol. The van der Waals surface area contributed by atoms with Gasteiger partial charge in [-0.05, 0) is 47.0 Å². The number of nitriles is 1. The number of aromatic nitrogens is 1. The molecule has 193 valence electrons. The quantitative estimate of drug-likeness (QED) is 0.0701. The molecule has 4 nitrogen and oxygen atoms in total. The van der Waals surface area contributed by atoms with Gasteiger partial charge in [0.25, 0.3) is 0 Å². The summed E-state index contributed by atoms with van der Waals surface area (Å²) >= 11 is 0. The van der Waals surface area contributed by atoms with Crippen LogP contribution in [0.4, 0.5) is 0 Å². The molecule has 0 saturated carbocycles. The van der Waals surface area contributed by atoms with Gasteiger partial charge in [0.05, 0.1) is 19.9 Å². The summed E-state index contributed by atoms with van der Waals surface area (Å²) in [5.74, 6) is -0.0625. The van der Waals surface area contributed by atoms with E-state index in [4.69, 9.17) is 10.1 Å². The maximum Gasteiger partial charge on any atom is 0.155 e. The summed E-state index contributed by atoms with van der Waals surface area (Å²) in [4.78, 5) is 14.7. The zero-order valence-corrected chi connectivity index (χ0v) is 25.5. The van der Waals surface area contributed by atoms with Crippen molar-refractivity contribution in [1.82, 2.24) is 4.98 Å². The summed E-state index contributed by atoms with van der Waals surface area (Å²) in [5.41, 5.74) is 2.38. The normalized spacial score (nSPS) is 11.4. The van der Waals surface area contributed by atoms with E-state index in [1.54, 1.807) is 0 Å². The minimum Gasteiger partial charge on any atom is -0.512 e. The number of hydrogen-bond donors (Lipinski definition) is 1. The van der Waals surface area contributed by atoms with Crippen molar-refractivity contribution in [3.05, 3.63) is 96.4 Å². The Hall–Kier alpha value is -3.62.